The van der Waals surface area contributed by atoms with Crippen LogP contribution in [-0.4, -0.2) is 51.8 Å². The summed E-state index contributed by atoms with van der Waals surface area (Å²) in [6.45, 7) is 8.85. The van der Waals surface area contributed by atoms with E-state index in [0.29, 0.717) is 22.2 Å². The fraction of sp³-hybridized carbons (Fsp3) is 0.455. The van der Waals surface area contributed by atoms with Gasteiger partial charge in [-0.25, -0.2) is 8.42 Å². The zero-order valence-corrected chi connectivity index (χ0v) is 19.8. The van der Waals surface area contributed by atoms with Crippen molar-refractivity contribution in [3.8, 4) is 11.1 Å². The summed E-state index contributed by atoms with van der Waals surface area (Å²) in [4.78, 5) is 4.67. The molecule has 1 fully saturated rings. The largest absolute Gasteiger partial charge is 0.369 e. The van der Waals surface area contributed by atoms with Crippen LogP contribution in [0.3, 0.4) is 0 Å². The van der Waals surface area contributed by atoms with Gasteiger partial charge in [-0.1, -0.05) is 61.7 Å². The molecule has 5 nitrogen and oxygen atoms in total. The Bertz CT molecular complexity index is 974. The highest BCUT2D eigenvalue weighted by atomic mass is 35.5. The fourth-order valence-electron chi connectivity index (χ4n) is 3.62. The summed E-state index contributed by atoms with van der Waals surface area (Å²) in [6, 6.07) is 11.3. The number of sulfonamides is 1. The highest BCUT2D eigenvalue weighted by Crippen LogP contribution is 2.41. The average molecular weight is 470 g/mol. The van der Waals surface area contributed by atoms with Crippen molar-refractivity contribution in [1.82, 2.24) is 4.90 Å². The molecule has 0 saturated carbocycles. The third kappa shape index (κ3) is 5.61. The van der Waals surface area contributed by atoms with Crippen LogP contribution in [0, 0.1) is 0 Å². The molecule has 1 N–H and O–H groups in total. The van der Waals surface area contributed by atoms with Crippen molar-refractivity contribution >= 4 is 44.6 Å². The van der Waals surface area contributed by atoms with Gasteiger partial charge in [-0.15, -0.1) is 0 Å². The summed E-state index contributed by atoms with van der Waals surface area (Å²) >= 11 is 13.1. The predicted octanol–water partition coefficient (Wildman–Crippen LogP) is 5.34. The summed E-state index contributed by atoms with van der Waals surface area (Å²) in [6.07, 6.45) is 1.41. The van der Waals surface area contributed by atoms with Crippen LogP contribution in [0.2, 0.25) is 10.0 Å². The van der Waals surface area contributed by atoms with E-state index < -0.39 is 10.0 Å². The Labute approximate surface area is 190 Å². The van der Waals surface area contributed by atoms with Gasteiger partial charge in [-0.3, -0.25) is 4.72 Å². The molecule has 2 aromatic carbocycles. The minimum atomic E-state index is -3.48. The highest BCUT2D eigenvalue weighted by molar-refractivity contribution is 7.92. The van der Waals surface area contributed by atoms with Gasteiger partial charge in [-0.2, -0.15) is 0 Å². The number of unbranched alkanes of at least 4 members (excludes halogenated alkanes) is 1. The van der Waals surface area contributed by atoms with E-state index in [-0.39, 0.29) is 5.75 Å². The standard InChI is InChI=1S/C22H29Cl2N3O2S/c1-3-5-14-30(28,29)25-21-16-17(27-12-10-26(4-2)11-13-27)15-19(22(21)24)18-8-6-7-9-20(18)23/h6-9,15-16,25H,3-5,10-14H2,1-2H3. The molecule has 164 valence electrons. The molecule has 8 heteroatoms. The van der Waals surface area contributed by atoms with Crippen LogP contribution in [0.1, 0.15) is 26.7 Å². The molecule has 2 aromatic rings. The summed E-state index contributed by atoms with van der Waals surface area (Å²) in [5.41, 5.74) is 2.86. The maximum Gasteiger partial charge on any atom is 0.232 e. The first-order valence-electron chi connectivity index (χ1n) is 10.4. The molecule has 1 aliphatic heterocycles. The molecule has 0 atom stereocenters. The van der Waals surface area contributed by atoms with E-state index in [2.05, 4.69) is 21.4 Å². The molecular weight excluding hydrogens is 441 g/mol. The van der Waals surface area contributed by atoms with E-state index in [1.54, 1.807) is 0 Å². The molecule has 30 heavy (non-hydrogen) atoms. The lowest BCUT2D eigenvalue weighted by molar-refractivity contribution is 0.271. The maximum atomic E-state index is 12.6. The second-order valence-electron chi connectivity index (χ2n) is 7.53. The monoisotopic (exact) mass is 469 g/mol. The molecule has 0 aliphatic carbocycles. The number of halogens is 2. The maximum absolute atomic E-state index is 12.6. The minimum absolute atomic E-state index is 0.0701. The summed E-state index contributed by atoms with van der Waals surface area (Å²) in [5, 5.41) is 0.936. The Balaban J connectivity index is 2.03. The van der Waals surface area contributed by atoms with Gasteiger partial charge in [-0.05, 0) is 31.2 Å². The Morgan fingerprint density at radius 1 is 1.00 bits per heavy atom. The molecule has 0 unspecified atom stereocenters. The first kappa shape index (κ1) is 23.2. The van der Waals surface area contributed by atoms with Crippen LogP contribution in [0.4, 0.5) is 11.4 Å². The molecule has 3 rings (SSSR count). The molecule has 0 amide bonds. The first-order valence-corrected chi connectivity index (χ1v) is 12.8. The van der Waals surface area contributed by atoms with Gasteiger partial charge in [0.1, 0.15) is 0 Å². The number of nitrogens with zero attached hydrogens (tertiary/aromatic N) is 2. The van der Waals surface area contributed by atoms with Crippen LogP contribution in [0.25, 0.3) is 11.1 Å². The van der Waals surface area contributed by atoms with E-state index in [0.717, 1.165) is 56.0 Å². The van der Waals surface area contributed by atoms with Crippen molar-refractivity contribution in [3.63, 3.8) is 0 Å². The molecule has 0 spiro atoms. The zero-order chi connectivity index (χ0) is 21.7. The molecule has 0 bridgehead atoms. The predicted molar refractivity (Wildman–Crippen MR) is 129 cm³/mol. The van der Waals surface area contributed by atoms with E-state index in [1.165, 1.54) is 0 Å². The molecule has 0 radical (unpaired) electrons. The minimum Gasteiger partial charge on any atom is -0.369 e. The second kappa shape index (κ2) is 10.2. The van der Waals surface area contributed by atoms with E-state index in [4.69, 9.17) is 23.2 Å². The average Bonchev–Trinajstić information content (AvgIpc) is 2.74. The van der Waals surface area contributed by atoms with Crippen LogP contribution in [0.5, 0.6) is 0 Å². The number of rotatable bonds is 8. The third-order valence-electron chi connectivity index (χ3n) is 5.44. The Hall–Kier alpha value is -1.47. The SMILES string of the molecule is CCCCS(=O)(=O)Nc1cc(N2CCN(CC)CC2)cc(-c2ccccc2Cl)c1Cl. The number of anilines is 2. The van der Waals surface area contributed by atoms with Crippen molar-refractivity contribution in [2.75, 3.05) is 48.1 Å². The van der Waals surface area contributed by atoms with Crippen LogP contribution >= 0.6 is 23.2 Å². The fourth-order valence-corrected chi connectivity index (χ4v) is 5.44. The van der Waals surface area contributed by atoms with Gasteiger partial charge in [0.25, 0.3) is 0 Å². The van der Waals surface area contributed by atoms with Gasteiger partial charge in [0.2, 0.25) is 10.0 Å². The van der Waals surface area contributed by atoms with Gasteiger partial charge < -0.3 is 9.80 Å². The topological polar surface area (TPSA) is 52.7 Å². The zero-order valence-electron chi connectivity index (χ0n) is 17.5. The van der Waals surface area contributed by atoms with E-state index >= 15 is 0 Å². The quantitative estimate of drug-likeness (QED) is 0.566. The number of hydrogen-bond donors (Lipinski definition) is 1. The molecular formula is C22H29Cl2N3O2S. The number of likely N-dealkylation sites (N-methyl/N-ethyl adjacent to an activating group) is 1. The lowest BCUT2D eigenvalue weighted by Crippen LogP contribution is -2.46. The van der Waals surface area contributed by atoms with Crippen LogP contribution < -0.4 is 9.62 Å². The molecule has 1 aliphatic rings. The van der Waals surface area contributed by atoms with Crippen molar-refractivity contribution in [1.29, 1.82) is 0 Å². The number of nitrogens with one attached hydrogen (secondary N) is 1. The molecule has 1 saturated heterocycles. The van der Waals surface area contributed by atoms with Crippen molar-refractivity contribution in [3.05, 3.63) is 46.4 Å². The van der Waals surface area contributed by atoms with Crippen molar-refractivity contribution in [2.24, 2.45) is 0 Å². The second-order valence-corrected chi connectivity index (χ2v) is 10.2. The van der Waals surface area contributed by atoms with E-state index in [9.17, 15) is 8.42 Å². The van der Waals surface area contributed by atoms with Gasteiger partial charge >= 0.3 is 0 Å². The van der Waals surface area contributed by atoms with Gasteiger partial charge in [0, 0.05) is 48.0 Å². The van der Waals surface area contributed by atoms with E-state index in [1.807, 2.05) is 43.3 Å². The summed E-state index contributed by atoms with van der Waals surface area (Å²) in [7, 11) is -3.48. The van der Waals surface area contributed by atoms with Gasteiger partial charge in [0.05, 0.1) is 16.5 Å². The number of benzene rings is 2. The first-order chi connectivity index (χ1) is 14.3. The smallest absolute Gasteiger partial charge is 0.232 e. The lowest BCUT2D eigenvalue weighted by atomic mass is 10.0. The Morgan fingerprint density at radius 3 is 2.33 bits per heavy atom. The highest BCUT2D eigenvalue weighted by Gasteiger charge is 2.22. The van der Waals surface area contributed by atoms with Crippen LogP contribution in [-0.2, 0) is 10.0 Å². The van der Waals surface area contributed by atoms with Gasteiger partial charge in [0.15, 0.2) is 0 Å². The normalized spacial score (nSPS) is 15.4. The molecule has 1 heterocycles. The lowest BCUT2D eigenvalue weighted by Gasteiger charge is -2.36. The summed E-state index contributed by atoms with van der Waals surface area (Å²) in [5.74, 6) is 0.0701. The summed E-state index contributed by atoms with van der Waals surface area (Å²) < 4.78 is 27.9. The Kier molecular flexibility index (Phi) is 7.91. The Morgan fingerprint density at radius 2 is 1.70 bits per heavy atom. The number of piperazine rings is 1. The van der Waals surface area contributed by atoms with Crippen molar-refractivity contribution < 1.29 is 8.42 Å². The number of hydrogen-bond acceptors (Lipinski definition) is 4. The van der Waals surface area contributed by atoms with Crippen molar-refractivity contribution in [2.45, 2.75) is 26.7 Å². The molecule has 0 aromatic heterocycles. The third-order valence-corrected chi connectivity index (χ3v) is 7.53. The van der Waals surface area contributed by atoms with Crippen LogP contribution in [0.15, 0.2) is 36.4 Å².